The fraction of sp³-hybridized carbons (Fsp3) is 0.471. The molecule has 0 bridgehead atoms. The van der Waals surface area contributed by atoms with Crippen molar-refractivity contribution in [3.8, 4) is 0 Å². The largest absolute Gasteiger partial charge is 0.458 e. The van der Waals surface area contributed by atoms with Crippen molar-refractivity contribution in [2.45, 2.75) is 72.7 Å². The predicted octanol–water partition coefficient (Wildman–Crippen LogP) is 4.21. The first-order valence-corrected chi connectivity index (χ1v) is 15.9. The van der Waals surface area contributed by atoms with Crippen LogP contribution < -0.4 is 15.8 Å². The Balaban J connectivity index is 1.47. The van der Waals surface area contributed by atoms with Gasteiger partial charge < -0.3 is 19.9 Å². The van der Waals surface area contributed by atoms with Crippen LogP contribution in [0.3, 0.4) is 0 Å². The third-order valence-corrected chi connectivity index (χ3v) is 8.55. The van der Waals surface area contributed by atoms with Gasteiger partial charge in [0.25, 0.3) is 11.5 Å². The highest BCUT2D eigenvalue weighted by Gasteiger charge is 2.46. The summed E-state index contributed by atoms with van der Waals surface area (Å²) in [6.07, 6.45) is 1.46. The zero-order valence-electron chi connectivity index (χ0n) is 27.8. The number of pyridine rings is 2. The second-order valence-electron chi connectivity index (χ2n) is 14.4. The number of hydrogen-bond donors (Lipinski definition) is 1. The molecule has 3 aromatic rings. The van der Waals surface area contributed by atoms with Gasteiger partial charge in [-0.1, -0.05) is 37.6 Å². The lowest BCUT2D eigenvalue weighted by Crippen LogP contribution is -2.56. The first-order chi connectivity index (χ1) is 21.9. The van der Waals surface area contributed by atoms with Crippen molar-refractivity contribution in [3.63, 3.8) is 0 Å². The number of benzene rings is 1. The van der Waals surface area contributed by atoms with Crippen LogP contribution in [0.2, 0.25) is 5.02 Å². The van der Waals surface area contributed by atoms with E-state index in [0.717, 1.165) is 5.56 Å². The van der Waals surface area contributed by atoms with E-state index in [4.69, 9.17) is 16.3 Å². The predicted molar refractivity (Wildman–Crippen MR) is 178 cm³/mol. The molecule has 2 aromatic heterocycles. The Morgan fingerprint density at radius 3 is 2.28 bits per heavy atom. The molecule has 4 amide bonds. The summed E-state index contributed by atoms with van der Waals surface area (Å²) in [6, 6.07) is 9.63. The highest BCUT2D eigenvalue weighted by atomic mass is 35.5. The lowest BCUT2D eigenvalue weighted by molar-refractivity contribution is -0.165. The molecule has 47 heavy (non-hydrogen) atoms. The van der Waals surface area contributed by atoms with E-state index in [1.165, 1.54) is 26.6 Å². The SMILES string of the molecule is CC1(C)CN(C(=O)Cn2c(=O)c(C(=O)NCc3ccc(Cl)cc3)cc3cc(N4CCN(C(C)(C)C(=O)OC(C)(C)C)C4=O)cnc32)C1. The van der Waals surface area contributed by atoms with Crippen LogP contribution in [0.5, 0.6) is 0 Å². The maximum atomic E-state index is 13.7. The molecule has 1 aromatic carbocycles. The van der Waals surface area contributed by atoms with Crippen molar-refractivity contribution in [3.05, 3.63) is 69.1 Å². The summed E-state index contributed by atoms with van der Waals surface area (Å²) < 4.78 is 6.79. The first-order valence-electron chi connectivity index (χ1n) is 15.5. The van der Waals surface area contributed by atoms with E-state index >= 15 is 0 Å². The van der Waals surface area contributed by atoms with Crippen LogP contribution >= 0.6 is 11.6 Å². The number of carbonyl (C=O) groups excluding carboxylic acids is 4. The molecule has 2 aliphatic heterocycles. The van der Waals surface area contributed by atoms with Crippen molar-refractivity contribution in [2.24, 2.45) is 5.41 Å². The molecule has 250 valence electrons. The summed E-state index contributed by atoms with van der Waals surface area (Å²) in [7, 11) is 0. The van der Waals surface area contributed by atoms with Crippen molar-refractivity contribution in [1.82, 2.24) is 24.7 Å². The molecule has 13 heteroatoms. The molecule has 2 saturated heterocycles. The average Bonchev–Trinajstić information content (AvgIpc) is 3.37. The molecule has 2 fully saturated rings. The molecule has 0 aliphatic carbocycles. The Hall–Kier alpha value is -4.45. The van der Waals surface area contributed by atoms with E-state index < -0.39 is 34.6 Å². The Kier molecular flexibility index (Phi) is 8.87. The maximum Gasteiger partial charge on any atom is 0.332 e. The number of anilines is 1. The summed E-state index contributed by atoms with van der Waals surface area (Å²) in [5.41, 5.74) is -1.36. The van der Waals surface area contributed by atoms with Crippen LogP contribution in [0.15, 0.2) is 47.4 Å². The van der Waals surface area contributed by atoms with Crippen LogP contribution in [0, 0.1) is 5.41 Å². The van der Waals surface area contributed by atoms with Gasteiger partial charge in [-0.15, -0.1) is 0 Å². The zero-order chi connectivity index (χ0) is 34.5. The van der Waals surface area contributed by atoms with E-state index in [1.54, 1.807) is 69.9 Å². The number of hydrogen-bond acceptors (Lipinski definition) is 7. The van der Waals surface area contributed by atoms with Crippen molar-refractivity contribution < 1.29 is 23.9 Å². The zero-order valence-corrected chi connectivity index (χ0v) is 28.6. The smallest absolute Gasteiger partial charge is 0.332 e. The van der Waals surface area contributed by atoms with E-state index in [0.29, 0.717) is 29.2 Å². The molecule has 0 atom stereocenters. The standard InChI is InChI=1S/C34H41ClN6O6/c1-32(2,3)47-30(45)34(6,7)41-13-12-39(31(41)46)24-14-22-15-25(28(43)37-16-21-8-10-23(35)11-9-21)29(44)40(27(22)36-17-24)18-26(42)38-19-33(4,5)20-38/h8-11,14-15,17H,12-13,16,18-20H2,1-7H3,(H,37,43). The summed E-state index contributed by atoms with van der Waals surface area (Å²) in [4.78, 5) is 76.1. The summed E-state index contributed by atoms with van der Waals surface area (Å²) in [5, 5.41) is 3.73. The van der Waals surface area contributed by atoms with Gasteiger partial charge in [0.2, 0.25) is 5.91 Å². The van der Waals surface area contributed by atoms with Crippen LogP contribution in [0.25, 0.3) is 11.0 Å². The molecule has 0 radical (unpaired) electrons. The number of aromatic nitrogens is 2. The average molecular weight is 665 g/mol. The summed E-state index contributed by atoms with van der Waals surface area (Å²) in [5.74, 6) is -1.40. The number of ether oxygens (including phenoxy) is 1. The lowest BCUT2D eigenvalue weighted by Gasteiger charge is -2.45. The van der Waals surface area contributed by atoms with Crippen LogP contribution in [0.1, 0.15) is 64.4 Å². The highest BCUT2D eigenvalue weighted by Crippen LogP contribution is 2.31. The lowest BCUT2D eigenvalue weighted by atomic mass is 9.84. The van der Waals surface area contributed by atoms with Crippen molar-refractivity contribution in [1.29, 1.82) is 0 Å². The molecular weight excluding hydrogens is 624 g/mol. The molecule has 4 heterocycles. The molecule has 0 saturated carbocycles. The number of likely N-dealkylation sites (tertiary alicyclic amines) is 1. The second-order valence-corrected chi connectivity index (χ2v) is 14.9. The number of urea groups is 1. The van der Waals surface area contributed by atoms with E-state index in [1.807, 2.05) is 0 Å². The Labute approximate surface area is 278 Å². The monoisotopic (exact) mass is 664 g/mol. The van der Waals surface area contributed by atoms with Gasteiger partial charge in [0.1, 0.15) is 28.9 Å². The van der Waals surface area contributed by atoms with Crippen molar-refractivity contribution >= 4 is 52.1 Å². The van der Waals surface area contributed by atoms with Gasteiger partial charge >= 0.3 is 12.0 Å². The summed E-state index contributed by atoms with van der Waals surface area (Å²) in [6.45, 7) is 14.2. The van der Waals surface area contributed by atoms with Crippen molar-refractivity contribution in [2.75, 3.05) is 31.1 Å². The molecule has 12 nitrogen and oxygen atoms in total. The van der Waals surface area contributed by atoms with E-state index in [-0.39, 0.29) is 48.7 Å². The van der Waals surface area contributed by atoms with E-state index in [2.05, 4.69) is 24.1 Å². The molecule has 0 unspecified atom stereocenters. The van der Waals surface area contributed by atoms with Crippen LogP contribution in [-0.2, 0) is 27.4 Å². The minimum Gasteiger partial charge on any atom is -0.458 e. The topological polar surface area (TPSA) is 134 Å². The van der Waals surface area contributed by atoms with Gasteiger partial charge in [-0.25, -0.2) is 14.6 Å². The van der Waals surface area contributed by atoms with Gasteiger partial charge in [0.05, 0.1) is 11.9 Å². The first kappa shape index (κ1) is 33.9. The van der Waals surface area contributed by atoms with Gasteiger partial charge in [-0.3, -0.25) is 23.9 Å². The number of carbonyl (C=O) groups is 4. The van der Waals surface area contributed by atoms with Crippen LogP contribution in [0.4, 0.5) is 10.5 Å². The van der Waals surface area contributed by atoms with E-state index in [9.17, 15) is 24.0 Å². The minimum absolute atomic E-state index is 0.00651. The normalized spacial score (nSPS) is 16.3. The molecule has 0 spiro atoms. The molecular formula is C34H41ClN6O6. The number of nitrogens with zero attached hydrogens (tertiary/aromatic N) is 5. The van der Waals surface area contributed by atoms with Crippen LogP contribution in [-0.4, -0.2) is 80.5 Å². The number of amides is 4. The number of esters is 1. The summed E-state index contributed by atoms with van der Waals surface area (Å²) >= 11 is 5.98. The number of fused-ring (bicyclic) bond motifs is 1. The van der Waals surface area contributed by atoms with Gasteiger partial charge in [0.15, 0.2) is 0 Å². The second kappa shape index (κ2) is 12.3. The van der Waals surface area contributed by atoms with Gasteiger partial charge in [0, 0.05) is 43.1 Å². The molecule has 5 rings (SSSR count). The maximum absolute atomic E-state index is 13.7. The minimum atomic E-state index is -1.23. The fourth-order valence-electron chi connectivity index (χ4n) is 5.80. The van der Waals surface area contributed by atoms with Gasteiger partial charge in [-0.2, -0.15) is 0 Å². The number of halogens is 1. The quantitative estimate of drug-likeness (QED) is 0.357. The third-order valence-electron chi connectivity index (χ3n) is 8.30. The molecule has 2 aliphatic rings. The fourth-order valence-corrected chi connectivity index (χ4v) is 5.92. The Morgan fingerprint density at radius 1 is 1.00 bits per heavy atom. The van der Waals surface area contributed by atoms with Gasteiger partial charge in [-0.05, 0) is 69.9 Å². The highest BCUT2D eigenvalue weighted by molar-refractivity contribution is 6.30. The number of rotatable bonds is 8. The Morgan fingerprint density at radius 2 is 1.66 bits per heavy atom. The molecule has 1 N–H and O–H groups in total. The Bertz CT molecular complexity index is 1800. The number of nitrogens with one attached hydrogen (secondary N) is 1. The third kappa shape index (κ3) is 7.12.